The Labute approximate surface area is 174 Å². The van der Waals surface area contributed by atoms with Crippen molar-refractivity contribution in [2.24, 2.45) is 0 Å². The molecule has 1 N–H and O–H groups in total. The predicted octanol–water partition coefficient (Wildman–Crippen LogP) is 3.17. The van der Waals surface area contributed by atoms with Gasteiger partial charge in [-0.1, -0.05) is 0 Å². The number of benzene rings is 1. The topological polar surface area (TPSA) is 59.4 Å². The molecule has 152 valence electrons. The Morgan fingerprint density at radius 3 is 2.62 bits per heavy atom. The monoisotopic (exact) mass is 410 g/mol. The molecule has 2 atom stereocenters. The first-order chi connectivity index (χ1) is 14.1. The first-order valence-corrected chi connectivity index (χ1v) is 11.1. The van der Waals surface area contributed by atoms with Crippen molar-refractivity contribution in [2.45, 2.75) is 50.4 Å². The number of nitrogens with one attached hydrogen (secondary N) is 1. The van der Waals surface area contributed by atoms with Gasteiger partial charge in [-0.3, -0.25) is 9.36 Å². The Bertz CT molecular complexity index is 1060. The normalized spacial score (nSPS) is 24.3. The smallest absolute Gasteiger partial charge is 0.275 e. The lowest BCUT2D eigenvalue weighted by molar-refractivity contribution is 0.0662. The molecule has 2 bridgehead atoms. The van der Waals surface area contributed by atoms with Gasteiger partial charge in [0, 0.05) is 23.5 Å². The zero-order valence-electron chi connectivity index (χ0n) is 16.8. The summed E-state index contributed by atoms with van der Waals surface area (Å²) in [5, 5.41) is 3.12. The van der Waals surface area contributed by atoms with E-state index in [1.807, 2.05) is 37.4 Å². The van der Waals surface area contributed by atoms with E-state index in [9.17, 15) is 4.79 Å². The third-order valence-corrected chi connectivity index (χ3v) is 7.42. The number of piperidine rings is 1. The molecule has 2 unspecified atom stereocenters. The van der Waals surface area contributed by atoms with Gasteiger partial charge in [0.1, 0.15) is 22.9 Å². The molecule has 2 saturated heterocycles. The van der Waals surface area contributed by atoms with Crippen molar-refractivity contribution >= 4 is 21.6 Å². The number of fused-ring (bicyclic) bond motifs is 3. The third-order valence-electron chi connectivity index (χ3n) is 6.31. The van der Waals surface area contributed by atoms with E-state index in [2.05, 4.69) is 22.2 Å². The molecule has 2 aliphatic heterocycles. The van der Waals surface area contributed by atoms with Gasteiger partial charge >= 0.3 is 0 Å². The standard InChI is InChI=1S/C22H26N4O2S/c1-23-12-19-11-20-21(29-19)22(27)26(13-24-20)14-5-7-17(8-6-14)28-18-9-15-3-4-16(10-18)25(15)2/h5-8,11,13,15-16,18,23H,3-4,9-10,12H2,1-2H3. The van der Waals surface area contributed by atoms with Crippen LogP contribution in [0.25, 0.3) is 15.9 Å². The van der Waals surface area contributed by atoms with Crippen LogP contribution >= 0.6 is 11.3 Å². The van der Waals surface area contributed by atoms with Crippen LogP contribution in [0.4, 0.5) is 0 Å². The highest BCUT2D eigenvalue weighted by Crippen LogP contribution is 2.36. The summed E-state index contributed by atoms with van der Waals surface area (Å²) < 4.78 is 8.58. The molecule has 2 aromatic heterocycles. The SMILES string of the molecule is CNCc1cc2ncn(-c3ccc(OC4CC5CCC(C4)N5C)cc3)c(=O)c2s1. The van der Waals surface area contributed by atoms with Crippen molar-refractivity contribution in [1.82, 2.24) is 19.8 Å². The highest BCUT2D eigenvalue weighted by atomic mass is 32.1. The minimum atomic E-state index is -0.0251. The molecule has 3 aromatic rings. The Morgan fingerprint density at radius 1 is 1.21 bits per heavy atom. The van der Waals surface area contributed by atoms with Crippen LogP contribution in [-0.2, 0) is 6.54 Å². The molecule has 5 rings (SSSR count). The van der Waals surface area contributed by atoms with Crippen molar-refractivity contribution in [2.75, 3.05) is 14.1 Å². The van der Waals surface area contributed by atoms with E-state index >= 15 is 0 Å². The molecule has 0 radical (unpaired) electrons. The summed E-state index contributed by atoms with van der Waals surface area (Å²) in [6, 6.07) is 11.1. The zero-order valence-corrected chi connectivity index (χ0v) is 17.6. The van der Waals surface area contributed by atoms with Gasteiger partial charge in [-0.05, 0) is 70.1 Å². The highest BCUT2D eigenvalue weighted by Gasteiger charge is 2.39. The second kappa shape index (κ2) is 7.55. The molecule has 2 aliphatic rings. The molecule has 4 heterocycles. The molecule has 0 amide bonds. The molecule has 0 aliphatic carbocycles. The van der Waals surface area contributed by atoms with Crippen molar-refractivity contribution < 1.29 is 4.74 Å². The van der Waals surface area contributed by atoms with E-state index in [1.54, 1.807) is 10.9 Å². The Kier molecular flexibility index (Phi) is 4.89. The molecule has 2 fully saturated rings. The lowest BCUT2D eigenvalue weighted by Crippen LogP contribution is -2.43. The molecular weight excluding hydrogens is 384 g/mol. The van der Waals surface area contributed by atoms with Crippen molar-refractivity contribution in [1.29, 1.82) is 0 Å². The molecule has 0 saturated carbocycles. The molecule has 0 spiro atoms. The van der Waals surface area contributed by atoms with Gasteiger partial charge in [-0.2, -0.15) is 0 Å². The fraction of sp³-hybridized carbons (Fsp3) is 0.455. The summed E-state index contributed by atoms with van der Waals surface area (Å²) in [5.41, 5.74) is 1.55. The van der Waals surface area contributed by atoms with Crippen LogP contribution in [0.15, 0.2) is 41.5 Å². The number of aromatic nitrogens is 2. The third kappa shape index (κ3) is 3.47. The van der Waals surface area contributed by atoms with Crippen LogP contribution in [0.5, 0.6) is 5.75 Å². The quantitative estimate of drug-likeness (QED) is 0.700. The number of rotatable bonds is 5. The van der Waals surface area contributed by atoms with Crippen LogP contribution in [0, 0.1) is 0 Å². The van der Waals surface area contributed by atoms with Crippen LogP contribution in [0.2, 0.25) is 0 Å². The largest absolute Gasteiger partial charge is 0.490 e. The maximum Gasteiger partial charge on any atom is 0.275 e. The second-order valence-corrected chi connectivity index (χ2v) is 9.27. The summed E-state index contributed by atoms with van der Waals surface area (Å²) >= 11 is 1.50. The van der Waals surface area contributed by atoms with Crippen LogP contribution in [-0.4, -0.2) is 46.7 Å². The fourth-order valence-corrected chi connectivity index (χ4v) is 5.79. The number of ether oxygens (including phenoxy) is 1. The number of hydrogen-bond acceptors (Lipinski definition) is 6. The Hall–Kier alpha value is -2.22. The van der Waals surface area contributed by atoms with Crippen LogP contribution in [0.1, 0.15) is 30.6 Å². The number of hydrogen-bond donors (Lipinski definition) is 1. The first-order valence-electron chi connectivity index (χ1n) is 10.3. The summed E-state index contributed by atoms with van der Waals surface area (Å²) in [5.74, 6) is 0.872. The van der Waals surface area contributed by atoms with Gasteiger partial charge in [-0.15, -0.1) is 11.3 Å². The van der Waals surface area contributed by atoms with E-state index in [0.717, 1.165) is 41.2 Å². The zero-order chi connectivity index (χ0) is 20.0. The van der Waals surface area contributed by atoms with Crippen LogP contribution < -0.4 is 15.6 Å². The number of thiophene rings is 1. The van der Waals surface area contributed by atoms with Crippen LogP contribution in [0.3, 0.4) is 0 Å². The van der Waals surface area contributed by atoms with Gasteiger partial charge in [-0.25, -0.2) is 4.98 Å². The lowest BCUT2D eigenvalue weighted by Gasteiger charge is -2.36. The molecule has 6 nitrogen and oxygen atoms in total. The fourth-order valence-electron chi connectivity index (χ4n) is 4.74. The van der Waals surface area contributed by atoms with Crippen molar-refractivity contribution in [3.63, 3.8) is 0 Å². The minimum absolute atomic E-state index is 0.0251. The van der Waals surface area contributed by atoms with E-state index in [1.165, 1.54) is 24.2 Å². The Balaban J connectivity index is 1.35. The van der Waals surface area contributed by atoms with Gasteiger partial charge in [0.05, 0.1) is 11.2 Å². The molecular formula is C22H26N4O2S. The van der Waals surface area contributed by atoms with E-state index in [0.29, 0.717) is 16.8 Å². The van der Waals surface area contributed by atoms with Gasteiger partial charge in [0.15, 0.2) is 0 Å². The summed E-state index contributed by atoms with van der Waals surface area (Å²) in [7, 11) is 4.14. The number of nitrogens with zero attached hydrogens (tertiary/aromatic N) is 3. The first kappa shape index (κ1) is 18.8. The van der Waals surface area contributed by atoms with E-state index in [-0.39, 0.29) is 11.7 Å². The maximum absolute atomic E-state index is 12.9. The predicted molar refractivity (Wildman–Crippen MR) is 116 cm³/mol. The molecule has 7 heteroatoms. The van der Waals surface area contributed by atoms with Gasteiger partial charge < -0.3 is 15.0 Å². The Morgan fingerprint density at radius 2 is 1.93 bits per heavy atom. The van der Waals surface area contributed by atoms with E-state index < -0.39 is 0 Å². The summed E-state index contributed by atoms with van der Waals surface area (Å²) in [6.45, 7) is 0.741. The summed E-state index contributed by atoms with van der Waals surface area (Å²) in [6.07, 6.45) is 6.68. The van der Waals surface area contributed by atoms with Crippen molar-refractivity contribution in [3.8, 4) is 11.4 Å². The van der Waals surface area contributed by atoms with E-state index in [4.69, 9.17) is 4.74 Å². The minimum Gasteiger partial charge on any atom is -0.490 e. The average molecular weight is 411 g/mol. The second-order valence-electron chi connectivity index (χ2n) is 8.13. The average Bonchev–Trinajstić information content (AvgIpc) is 3.20. The molecule has 1 aromatic carbocycles. The molecule has 29 heavy (non-hydrogen) atoms. The highest BCUT2D eigenvalue weighted by molar-refractivity contribution is 7.18. The van der Waals surface area contributed by atoms with Gasteiger partial charge in [0.25, 0.3) is 5.56 Å². The lowest BCUT2D eigenvalue weighted by atomic mass is 10.0. The summed E-state index contributed by atoms with van der Waals surface area (Å²) in [4.78, 5) is 21.0. The van der Waals surface area contributed by atoms with Crippen molar-refractivity contribution in [3.05, 3.63) is 51.9 Å². The van der Waals surface area contributed by atoms with Gasteiger partial charge in [0.2, 0.25) is 0 Å². The maximum atomic E-state index is 12.9.